The van der Waals surface area contributed by atoms with E-state index in [0.29, 0.717) is 94.6 Å². The van der Waals surface area contributed by atoms with Crippen LogP contribution in [0.4, 0.5) is 17.7 Å². The third-order valence-electron chi connectivity index (χ3n) is 9.71. The van der Waals surface area contributed by atoms with Crippen LogP contribution in [0.3, 0.4) is 0 Å². The van der Waals surface area contributed by atoms with Crippen molar-refractivity contribution in [3.05, 3.63) is 108 Å². The molecule has 60 heavy (non-hydrogen) atoms. The Bertz CT molecular complexity index is 3200. The number of furan rings is 2. The summed E-state index contributed by atoms with van der Waals surface area (Å²) in [5.41, 5.74) is 10.4. The van der Waals surface area contributed by atoms with Crippen molar-refractivity contribution in [2.45, 2.75) is 32.9 Å². The zero-order chi connectivity index (χ0) is 40.9. The van der Waals surface area contributed by atoms with Crippen LogP contribution in [0.25, 0.3) is 56.5 Å². The number of rotatable bonds is 13. The van der Waals surface area contributed by atoms with Gasteiger partial charge in [0.1, 0.15) is 11.1 Å². The molecule has 0 radical (unpaired) electrons. The van der Waals surface area contributed by atoms with Gasteiger partial charge in [0, 0.05) is 19.3 Å². The van der Waals surface area contributed by atoms with Gasteiger partial charge in [-0.3, -0.25) is 0 Å². The standard InChI is InChI=1S/C39H31N15O6/c1-2-58-37(57)23-10-7-21(8-11-23)13-15-51-32-24(20-42-51)33-43-29(26-5-3-17-59-26)50-54(33)39(47-32)45-31-28-34(52(48-31)16-14-22-9-12-25(36(55)56)41-19-22)46-38(40)53-35(28)44-30(49-53)27-6-4-18-60-27/h3-12,17-20H,2,13-16H2,1H3,(H2,40,46)(H,55,56)(H,45,47,48). The van der Waals surface area contributed by atoms with Crippen molar-refractivity contribution in [1.29, 1.82) is 0 Å². The topological polar surface area (TPSA) is 263 Å². The summed E-state index contributed by atoms with van der Waals surface area (Å²) in [4.78, 5) is 47.1. The molecule has 1 aromatic carbocycles. The Morgan fingerprint density at radius 3 is 2.15 bits per heavy atom. The van der Waals surface area contributed by atoms with Crippen molar-refractivity contribution >= 4 is 63.0 Å². The number of pyridine rings is 1. The minimum absolute atomic E-state index is 0.0590. The zero-order valence-corrected chi connectivity index (χ0v) is 31.5. The second-order valence-corrected chi connectivity index (χ2v) is 13.5. The van der Waals surface area contributed by atoms with Gasteiger partial charge in [0.25, 0.3) is 0 Å². The lowest BCUT2D eigenvalue weighted by molar-refractivity contribution is 0.0525. The first kappa shape index (κ1) is 35.9. The molecule has 0 saturated carbocycles. The molecule has 0 spiro atoms. The predicted molar refractivity (Wildman–Crippen MR) is 212 cm³/mol. The van der Waals surface area contributed by atoms with E-state index in [-0.39, 0.29) is 29.4 Å². The van der Waals surface area contributed by atoms with E-state index in [0.717, 1.165) is 11.1 Å². The van der Waals surface area contributed by atoms with Crippen LogP contribution in [0.5, 0.6) is 0 Å². The number of carbonyl (C=O) groups excluding carboxylic acids is 1. The summed E-state index contributed by atoms with van der Waals surface area (Å²) in [7, 11) is 0. The molecular weight excluding hydrogens is 775 g/mol. The lowest BCUT2D eigenvalue weighted by atomic mass is 10.1. The summed E-state index contributed by atoms with van der Waals surface area (Å²) in [6.45, 7) is 2.81. The molecule has 0 unspecified atom stereocenters. The minimum atomic E-state index is -1.11. The summed E-state index contributed by atoms with van der Waals surface area (Å²) < 4.78 is 22.8. The van der Waals surface area contributed by atoms with E-state index in [2.05, 4.69) is 20.5 Å². The van der Waals surface area contributed by atoms with Crippen LogP contribution in [-0.2, 0) is 30.7 Å². The number of aryl methyl sites for hydroxylation is 4. The van der Waals surface area contributed by atoms with E-state index in [4.69, 9.17) is 49.4 Å². The molecule has 0 aliphatic heterocycles. The van der Waals surface area contributed by atoms with Gasteiger partial charge >= 0.3 is 11.9 Å². The SMILES string of the molecule is CCOC(=O)c1ccc(CCn2ncc3c2nc(Nc2nn(CCc4ccc(C(=O)O)nc4)c4nc(N)n5nc(-c6ccco6)nc5c24)n2nc(-c4ccco4)nc32)cc1. The maximum absolute atomic E-state index is 12.2. The first-order valence-electron chi connectivity index (χ1n) is 18.7. The normalized spacial score (nSPS) is 11.7. The molecule has 10 rings (SSSR count). The van der Waals surface area contributed by atoms with Crippen molar-refractivity contribution in [2.75, 3.05) is 17.7 Å². The van der Waals surface area contributed by atoms with Crippen LogP contribution in [0.1, 0.15) is 38.9 Å². The molecule has 21 nitrogen and oxygen atoms in total. The third-order valence-corrected chi connectivity index (χ3v) is 9.71. The summed E-state index contributed by atoms with van der Waals surface area (Å²) in [6, 6.07) is 17.4. The van der Waals surface area contributed by atoms with Gasteiger partial charge in [-0.15, -0.1) is 10.2 Å². The molecule has 0 atom stereocenters. The number of ether oxygens (including phenoxy) is 1. The first-order chi connectivity index (χ1) is 29.3. The molecule has 10 aromatic rings. The molecule has 9 aromatic heterocycles. The number of nitrogens with zero attached hydrogens (tertiary/aromatic N) is 13. The molecule has 0 saturated heterocycles. The zero-order valence-electron chi connectivity index (χ0n) is 31.5. The number of hydrogen-bond donors (Lipinski definition) is 3. The number of benzene rings is 1. The molecule has 9 heterocycles. The fraction of sp³-hybridized carbons (Fsp3) is 0.154. The van der Waals surface area contributed by atoms with Crippen LogP contribution in [-0.4, -0.2) is 87.4 Å². The summed E-state index contributed by atoms with van der Waals surface area (Å²) in [6.07, 6.45) is 7.28. The Balaban J connectivity index is 1.08. The summed E-state index contributed by atoms with van der Waals surface area (Å²) >= 11 is 0. The van der Waals surface area contributed by atoms with Crippen LogP contribution >= 0.6 is 0 Å². The van der Waals surface area contributed by atoms with Crippen LogP contribution < -0.4 is 11.1 Å². The van der Waals surface area contributed by atoms with Crippen molar-refractivity contribution < 1.29 is 28.3 Å². The van der Waals surface area contributed by atoms with Crippen molar-refractivity contribution in [3.63, 3.8) is 0 Å². The van der Waals surface area contributed by atoms with Crippen LogP contribution in [0, 0.1) is 0 Å². The van der Waals surface area contributed by atoms with Gasteiger partial charge in [-0.05, 0) is 73.4 Å². The molecule has 0 amide bonds. The molecule has 0 aliphatic carbocycles. The number of esters is 1. The summed E-state index contributed by atoms with van der Waals surface area (Å²) in [5.74, 6) is 0.594. The highest BCUT2D eigenvalue weighted by Gasteiger charge is 2.25. The number of hydrogen-bond acceptors (Lipinski definition) is 16. The molecule has 4 N–H and O–H groups in total. The molecular formula is C39H31N15O6. The highest BCUT2D eigenvalue weighted by Crippen LogP contribution is 2.32. The van der Waals surface area contributed by atoms with Crippen molar-refractivity contribution in [1.82, 2.24) is 63.7 Å². The number of carboxylic acids is 1. The number of carbonyl (C=O) groups is 2. The van der Waals surface area contributed by atoms with Gasteiger partial charge < -0.3 is 29.7 Å². The van der Waals surface area contributed by atoms with E-state index in [9.17, 15) is 14.7 Å². The lowest BCUT2D eigenvalue weighted by Crippen LogP contribution is -2.09. The fourth-order valence-electron chi connectivity index (χ4n) is 6.80. The second kappa shape index (κ2) is 14.5. The molecule has 298 valence electrons. The van der Waals surface area contributed by atoms with E-state index < -0.39 is 5.97 Å². The number of nitrogen functional groups attached to an aromatic ring is 1. The van der Waals surface area contributed by atoms with Gasteiger partial charge in [-0.2, -0.15) is 29.2 Å². The first-order valence-corrected chi connectivity index (χ1v) is 18.7. The lowest BCUT2D eigenvalue weighted by Gasteiger charge is -2.08. The molecule has 0 aliphatic rings. The Kier molecular flexibility index (Phi) is 8.65. The smallest absolute Gasteiger partial charge is 0.354 e. The van der Waals surface area contributed by atoms with Gasteiger partial charge in [-0.1, -0.05) is 18.2 Å². The number of nitrogens with two attached hydrogens (primary N) is 1. The van der Waals surface area contributed by atoms with E-state index in [1.165, 1.54) is 23.0 Å². The number of aromatic nitrogens is 13. The fourth-order valence-corrected chi connectivity index (χ4v) is 6.80. The Labute approximate surface area is 336 Å². The maximum Gasteiger partial charge on any atom is 0.354 e. The van der Waals surface area contributed by atoms with Gasteiger partial charge in [0.15, 0.2) is 39.9 Å². The monoisotopic (exact) mass is 805 g/mol. The van der Waals surface area contributed by atoms with Crippen LogP contribution in [0.15, 0.2) is 94.4 Å². The number of carboxylic acid groups (broad SMARTS) is 1. The number of aromatic carboxylic acids is 1. The average Bonchev–Trinajstić information content (AvgIpc) is 4.11. The average molecular weight is 806 g/mol. The van der Waals surface area contributed by atoms with Crippen molar-refractivity contribution in [2.24, 2.45) is 0 Å². The van der Waals surface area contributed by atoms with Gasteiger partial charge in [0.2, 0.25) is 23.5 Å². The van der Waals surface area contributed by atoms with E-state index in [1.54, 1.807) is 75.7 Å². The minimum Gasteiger partial charge on any atom is -0.477 e. The van der Waals surface area contributed by atoms with Gasteiger partial charge in [-0.25, -0.2) is 33.9 Å². The quantitative estimate of drug-likeness (QED) is 0.131. The second-order valence-electron chi connectivity index (χ2n) is 13.5. The highest BCUT2D eigenvalue weighted by atomic mass is 16.5. The Morgan fingerprint density at radius 2 is 1.47 bits per heavy atom. The number of nitrogens with one attached hydrogen (secondary N) is 1. The summed E-state index contributed by atoms with van der Waals surface area (Å²) in [5, 5.41) is 32.8. The maximum atomic E-state index is 12.2. The molecule has 21 heteroatoms. The Morgan fingerprint density at radius 1 is 0.767 bits per heavy atom. The van der Waals surface area contributed by atoms with Crippen molar-refractivity contribution in [3.8, 4) is 23.2 Å². The highest BCUT2D eigenvalue weighted by molar-refractivity contribution is 6.01. The van der Waals surface area contributed by atoms with Gasteiger partial charge in [0.05, 0.1) is 36.3 Å². The van der Waals surface area contributed by atoms with E-state index >= 15 is 0 Å². The Hall–Kier alpha value is -8.49. The predicted octanol–water partition coefficient (Wildman–Crippen LogP) is 4.86. The molecule has 0 bridgehead atoms. The third kappa shape index (κ3) is 6.34. The number of anilines is 3. The van der Waals surface area contributed by atoms with Crippen LogP contribution in [0.2, 0.25) is 0 Å². The molecule has 0 fully saturated rings. The number of fused-ring (bicyclic) bond motifs is 6. The largest absolute Gasteiger partial charge is 0.477 e. The van der Waals surface area contributed by atoms with E-state index in [1.807, 2.05) is 12.1 Å².